The van der Waals surface area contributed by atoms with Crippen molar-refractivity contribution in [3.63, 3.8) is 0 Å². The van der Waals surface area contributed by atoms with Crippen molar-refractivity contribution in [2.75, 3.05) is 19.6 Å². The number of rotatable bonds is 6. The molecule has 0 bridgehead atoms. The van der Waals surface area contributed by atoms with E-state index in [-0.39, 0.29) is 24.1 Å². The van der Waals surface area contributed by atoms with Gasteiger partial charge in [-0.2, -0.15) is 4.31 Å². The van der Waals surface area contributed by atoms with E-state index in [9.17, 15) is 18.0 Å². The number of hydrogen-bond donors (Lipinski definition) is 1. The molecule has 3 aliphatic rings. The van der Waals surface area contributed by atoms with E-state index in [1.165, 1.54) is 6.08 Å². The molecule has 0 aromatic heterocycles. The maximum absolute atomic E-state index is 13.6. The minimum absolute atomic E-state index is 0.0246. The normalized spacial score (nSPS) is 23.5. The van der Waals surface area contributed by atoms with Crippen LogP contribution in [-0.2, 0) is 26.2 Å². The third-order valence-corrected chi connectivity index (χ3v) is 9.78. The minimum atomic E-state index is -3.49. The van der Waals surface area contributed by atoms with E-state index in [1.54, 1.807) is 9.21 Å². The zero-order valence-electron chi connectivity index (χ0n) is 18.9. The molecule has 8 nitrogen and oxygen atoms in total. The zero-order chi connectivity index (χ0) is 23.5. The standard InChI is InChI=1S/C24H33N3O5S/c1-2-22(28)25-20-9-16-27(24(17-20)12-6-13-24)33(30,31)21-10-14-26(15-11-21)23(29)32-18-19-7-4-3-5-8-19/h2-5,7-8,20-21H,1,6,9-18H2,(H,25,28). The van der Waals surface area contributed by atoms with Gasteiger partial charge in [0.1, 0.15) is 6.61 Å². The maximum Gasteiger partial charge on any atom is 0.410 e. The quantitative estimate of drug-likeness (QED) is 0.639. The fraction of sp³-hybridized carbons (Fsp3) is 0.583. The van der Waals surface area contributed by atoms with Gasteiger partial charge in [0.2, 0.25) is 15.9 Å². The zero-order valence-corrected chi connectivity index (χ0v) is 19.8. The Bertz CT molecular complexity index is 969. The van der Waals surface area contributed by atoms with Gasteiger partial charge in [0.05, 0.1) is 5.25 Å². The summed E-state index contributed by atoms with van der Waals surface area (Å²) in [5.74, 6) is -0.211. The summed E-state index contributed by atoms with van der Waals surface area (Å²) >= 11 is 0. The van der Waals surface area contributed by atoms with Gasteiger partial charge in [-0.3, -0.25) is 4.79 Å². The Balaban J connectivity index is 1.33. The van der Waals surface area contributed by atoms with Gasteiger partial charge in [0.15, 0.2) is 0 Å². The Labute approximate surface area is 196 Å². The summed E-state index contributed by atoms with van der Waals surface area (Å²) in [6.45, 7) is 4.87. The Morgan fingerprint density at radius 3 is 2.42 bits per heavy atom. The third-order valence-electron chi connectivity index (χ3n) is 7.29. The molecule has 1 aliphatic carbocycles. The highest BCUT2D eigenvalue weighted by Crippen LogP contribution is 2.47. The molecule has 180 valence electrons. The van der Waals surface area contributed by atoms with Crippen LogP contribution in [0.4, 0.5) is 4.79 Å². The Hall–Kier alpha value is -2.39. The van der Waals surface area contributed by atoms with Gasteiger partial charge in [-0.25, -0.2) is 13.2 Å². The summed E-state index contributed by atoms with van der Waals surface area (Å²) in [7, 11) is -3.49. The first-order chi connectivity index (χ1) is 15.8. The molecule has 1 atom stereocenters. The molecular weight excluding hydrogens is 442 g/mol. The molecule has 1 N–H and O–H groups in total. The van der Waals surface area contributed by atoms with Crippen molar-refractivity contribution in [1.82, 2.24) is 14.5 Å². The van der Waals surface area contributed by atoms with Crippen LogP contribution in [0.5, 0.6) is 0 Å². The first-order valence-electron chi connectivity index (χ1n) is 11.7. The van der Waals surface area contributed by atoms with Gasteiger partial charge in [-0.1, -0.05) is 36.9 Å². The van der Waals surface area contributed by atoms with Crippen LogP contribution >= 0.6 is 0 Å². The highest BCUT2D eigenvalue weighted by Gasteiger charge is 2.53. The first kappa shape index (κ1) is 23.8. The molecule has 4 rings (SSSR count). The predicted molar refractivity (Wildman–Crippen MR) is 125 cm³/mol. The molecule has 2 heterocycles. The van der Waals surface area contributed by atoms with E-state index in [4.69, 9.17) is 4.74 Å². The second-order valence-corrected chi connectivity index (χ2v) is 11.5. The van der Waals surface area contributed by atoms with E-state index in [0.717, 1.165) is 24.8 Å². The molecule has 1 aromatic carbocycles. The van der Waals surface area contributed by atoms with E-state index in [2.05, 4.69) is 11.9 Å². The lowest BCUT2D eigenvalue weighted by Gasteiger charge is -2.55. The Kier molecular flexibility index (Phi) is 7.09. The molecule has 2 amide bonds. The summed E-state index contributed by atoms with van der Waals surface area (Å²) in [6, 6.07) is 9.46. The lowest BCUT2D eigenvalue weighted by Crippen LogP contribution is -2.64. The fourth-order valence-electron chi connectivity index (χ4n) is 5.32. The van der Waals surface area contributed by atoms with Crippen molar-refractivity contribution in [3.8, 4) is 0 Å². The molecular formula is C24H33N3O5S. The summed E-state index contributed by atoms with van der Waals surface area (Å²) in [6.07, 6.45) is 5.59. The average Bonchev–Trinajstić information content (AvgIpc) is 2.82. The van der Waals surface area contributed by atoms with Crippen molar-refractivity contribution >= 4 is 22.0 Å². The second-order valence-electron chi connectivity index (χ2n) is 9.32. The fourth-order valence-corrected chi connectivity index (χ4v) is 7.64. The van der Waals surface area contributed by atoms with Crippen LogP contribution in [0.25, 0.3) is 0 Å². The third kappa shape index (κ3) is 5.09. The summed E-state index contributed by atoms with van der Waals surface area (Å²) in [5, 5.41) is 2.46. The van der Waals surface area contributed by atoms with Gasteiger partial charge >= 0.3 is 6.09 Å². The van der Waals surface area contributed by atoms with E-state index < -0.39 is 21.4 Å². The topological polar surface area (TPSA) is 96.0 Å². The number of sulfonamides is 1. The van der Waals surface area contributed by atoms with Crippen LogP contribution in [0.2, 0.25) is 0 Å². The molecule has 2 aliphatic heterocycles. The first-order valence-corrected chi connectivity index (χ1v) is 13.2. The predicted octanol–water partition coefficient (Wildman–Crippen LogP) is 2.81. The number of nitrogens with zero attached hydrogens (tertiary/aromatic N) is 2. The number of ether oxygens (including phenoxy) is 1. The summed E-state index contributed by atoms with van der Waals surface area (Å²) in [4.78, 5) is 25.8. The minimum Gasteiger partial charge on any atom is -0.445 e. The molecule has 2 saturated heterocycles. The number of nitrogens with one attached hydrogen (secondary N) is 1. The maximum atomic E-state index is 13.6. The SMILES string of the molecule is C=CC(=O)NC1CCN(S(=O)(=O)C2CCN(C(=O)OCc3ccccc3)CC2)C2(CCC2)C1. The van der Waals surface area contributed by atoms with E-state index in [1.807, 2.05) is 30.3 Å². The number of carbonyl (C=O) groups excluding carboxylic acids is 2. The van der Waals surface area contributed by atoms with Crippen LogP contribution in [0.3, 0.4) is 0 Å². The molecule has 3 fully saturated rings. The number of carbonyl (C=O) groups is 2. The molecule has 1 aromatic rings. The Morgan fingerprint density at radius 1 is 1.12 bits per heavy atom. The van der Waals surface area contributed by atoms with Crippen molar-refractivity contribution in [2.24, 2.45) is 0 Å². The van der Waals surface area contributed by atoms with Gasteiger partial charge in [-0.15, -0.1) is 0 Å². The highest BCUT2D eigenvalue weighted by molar-refractivity contribution is 7.89. The van der Waals surface area contributed by atoms with Crippen molar-refractivity contribution in [2.45, 2.75) is 68.4 Å². The molecule has 33 heavy (non-hydrogen) atoms. The number of likely N-dealkylation sites (tertiary alicyclic amines) is 1. The largest absolute Gasteiger partial charge is 0.445 e. The number of hydrogen-bond acceptors (Lipinski definition) is 5. The van der Waals surface area contributed by atoms with Crippen LogP contribution in [0, 0.1) is 0 Å². The van der Waals surface area contributed by atoms with Crippen molar-refractivity contribution in [3.05, 3.63) is 48.6 Å². The lowest BCUT2D eigenvalue weighted by atomic mass is 9.70. The van der Waals surface area contributed by atoms with E-state index in [0.29, 0.717) is 45.3 Å². The van der Waals surface area contributed by atoms with Gasteiger partial charge < -0.3 is 15.0 Å². The van der Waals surface area contributed by atoms with E-state index >= 15 is 0 Å². The number of piperidine rings is 2. The second kappa shape index (κ2) is 9.85. The molecule has 0 radical (unpaired) electrons. The van der Waals surface area contributed by atoms with Gasteiger partial charge in [0, 0.05) is 31.2 Å². The molecule has 1 spiro atoms. The van der Waals surface area contributed by atoms with Crippen molar-refractivity contribution in [1.29, 1.82) is 0 Å². The van der Waals surface area contributed by atoms with Crippen LogP contribution < -0.4 is 5.32 Å². The van der Waals surface area contributed by atoms with Gasteiger partial charge in [0.25, 0.3) is 0 Å². The lowest BCUT2D eigenvalue weighted by molar-refractivity contribution is -0.117. The molecule has 9 heteroatoms. The Morgan fingerprint density at radius 2 is 1.82 bits per heavy atom. The van der Waals surface area contributed by atoms with Crippen LogP contribution in [0.15, 0.2) is 43.0 Å². The monoisotopic (exact) mass is 475 g/mol. The van der Waals surface area contributed by atoms with Crippen LogP contribution in [0.1, 0.15) is 50.5 Å². The van der Waals surface area contributed by atoms with Crippen molar-refractivity contribution < 1.29 is 22.7 Å². The molecule has 1 unspecified atom stereocenters. The number of benzene rings is 1. The summed E-state index contributed by atoms with van der Waals surface area (Å²) < 4.78 is 34.4. The number of amides is 2. The summed E-state index contributed by atoms with van der Waals surface area (Å²) in [5.41, 5.74) is 0.531. The molecule has 1 saturated carbocycles. The highest BCUT2D eigenvalue weighted by atomic mass is 32.2. The van der Waals surface area contributed by atoms with Gasteiger partial charge in [-0.05, 0) is 56.6 Å². The average molecular weight is 476 g/mol. The van der Waals surface area contributed by atoms with Crippen LogP contribution in [-0.4, -0.2) is 66.1 Å². The smallest absolute Gasteiger partial charge is 0.410 e.